The molecule has 0 saturated carbocycles. The minimum absolute atomic E-state index is 0.246. The molecule has 326 valence electrons. The molecule has 2 aromatic carbocycles. The average Bonchev–Trinajstić information content (AvgIpc) is 4.04. The number of sulfonamides is 1. The van der Waals surface area contributed by atoms with Crippen molar-refractivity contribution in [1.29, 1.82) is 0 Å². The second kappa shape index (κ2) is 20.4. The van der Waals surface area contributed by atoms with E-state index in [9.17, 15) is 13.2 Å². The Hall–Kier alpha value is -5.12. The van der Waals surface area contributed by atoms with E-state index >= 15 is 0 Å². The van der Waals surface area contributed by atoms with Crippen LogP contribution in [0.5, 0.6) is 0 Å². The summed E-state index contributed by atoms with van der Waals surface area (Å²) in [6.45, 7) is 23.1. The van der Waals surface area contributed by atoms with E-state index in [2.05, 4.69) is 99.2 Å². The number of hydrogen-bond acceptors (Lipinski definition) is 9. The summed E-state index contributed by atoms with van der Waals surface area (Å²) >= 11 is 2.45. The summed E-state index contributed by atoms with van der Waals surface area (Å²) < 4.78 is 33.3. The maximum Gasteiger partial charge on any atom is 0.277 e. The molecule has 11 nitrogen and oxygen atoms in total. The van der Waals surface area contributed by atoms with Crippen LogP contribution in [0.25, 0.3) is 33.3 Å². The third-order valence-electron chi connectivity index (χ3n) is 11.3. The molecule has 1 amide bonds. The van der Waals surface area contributed by atoms with Gasteiger partial charge in [-0.3, -0.25) is 24.4 Å². The van der Waals surface area contributed by atoms with E-state index in [1.807, 2.05) is 23.7 Å². The topological polar surface area (TPSA) is 126 Å². The number of aryl methyl sites for hydroxylation is 2. The smallest absolute Gasteiger partial charge is 0.277 e. The molecule has 6 aromatic rings. The lowest BCUT2D eigenvalue weighted by atomic mass is 10.0. The molecule has 1 aliphatic rings. The van der Waals surface area contributed by atoms with Gasteiger partial charge in [-0.25, -0.2) is 13.4 Å². The van der Waals surface area contributed by atoms with Gasteiger partial charge < -0.3 is 9.88 Å². The van der Waals surface area contributed by atoms with Crippen molar-refractivity contribution in [2.75, 3.05) is 29.7 Å². The van der Waals surface area contributed by atoms with Crippen molar-refractivity contribution in [1.82, 2.24) is 29.5 Å². The zero-order valence-corrected chi connectivity index (χ0v) is 38.7. The minimum Gasteiger partial charge on any atom is -0.341 e. The highest BCUT2D eigenvalue weighted by Crippen LogP contribution is 2.32. The van der Waals surface area contributed by atoms with E-state index in [1.165, 1.54) is 69.5 Å². The first kappa shape index (κ1) is 44.9. The Labute approximate surface area is 374 Å². The van der Waals surface area contributed by atoms with Gasteiger partial charge in [0.2, 0.25) is 0 Å². The molecular formula is C48H58N8O3S3. The molecule has 14 heteroatoms. The fourth-order valence-electron chi connectivity index (χ4n) is 8.07. The van der Waals surface area contributed by atoms with Crippen LogP contribution < -0.4 is 15.4 Å². The Morgan fingerprint density at radius 3 is 2.58 bits per heavy atom. The van der Waals surface area contributed by atoms with Crippen LogP contribution in [0.2, 0.25) is 0 Å². The lowest BCUT2D eigenvalue weighted by molar-refractivity contribution is 0.102. The number of amides is 1. The first-order chi connectivity index (χ1) is 29.9. The third-order valence-corrected chi connectivity index (χ3v) is 15.0. The Morgan fingerprint density at radius 2 is 1.81 bits per heavy atom. The fraction of sp³-hybridized carbons (Fsp3) is 0.354. The average molecular weight is 891 g/mol. The van der Waals surface area contributed by atoms with Crippen LogP contribution in [0, 0.1) is 0 Å². The number of carbonyl (C=O) groups excluding carboxylic acids is 1. The van der Waals surface area contributed by atoms with Gasteiger partial charge in [-0.05, 0) is 131 Å². The molecule has 0 radical (unpaired) electrons. The van der Waals surface area contributed by atoms with E-state index in [4.69, 9.17) is 0 Å². The van der Waals surface area contributed by atoms with E-state index in [-0.39, 0.29) is 10.1 Å². The molecule has 5 heterocycles. The molecule has 3 N–H and O–H groups in total. The highest BCUT2D eigenvalue weighted by molar-refractivity contribution is 7.94. The first-order valence-corrected chi connectivity index (χ1v) is 24.7. The zero-order chi connectivity index (χ0) is 43.8. The highest BCUT2D eigenvalue weighted by Gasteiger charge is 2.21. The molecule has 0 fully saturated rings. The molecule has 1 aliphatic heterocycles. The van der Waals surface area contributed by atoms with Crippen molar-refractivity contribution in [2.24, 2.45) is 0 Å². The van der Waals surface area contributed by atoms with Crippen molar-refractivity contribution in [2.45, 2.75) is 96.6 Å². The number of unbranched alkanes of at least 4 members (excludes halogenated alkanes) is 4. The SMILES string of the molecule is C=Cc1c(/C=C(C)/C(C)=C/C(=C)C)n(CC)c2ccc(CNCCCCCCCN3CCCn4nc(C(=O)Nc5nc6ccc(NS(=O)(=O)c7cccs7)cc6s5)cc4C3)cc12. The van der Waals surface area contributed by atoms with E-state index in [1.54, 1.807) is 35.7 Å². The maximum absolute atomic E-state index is 13.3. The maximum atomic E-state index is 13.3. The molecule has 4 aromatic heterocycles. The first-order valence-electron chi connectivity index (χ1n) is 21.5. The van der Waals surface area contributed by atoms with Gasteiger partial charge in [0.05, 0.1) is 21.6 Å². The lowest BCUT2D eigenvalue weighted by Gasteiger charge is -2.19. The standard InChI is InChI=1S/C48H58N8O3S3/c1-7-39-40-28-36(17-20-43(40)55(8-2)44(39)27-35(6)34(5)26-33(3)4)31-49-21-12-10-9-11-13-22-54-23-15-24-56-38(32-54)30-42(52-56)47(57)51-48-50-41-19-18-37(29-45(41)61-48)53-62(58,59)46-16-14-25-60-46/h7,14,16-20,25-30,49,53H,1,3,8-13,15,21-24,31-32H2,2,4-6H3,(H,50,51,57)/b34-26+,35-27+. The number of fused-ring (bicyclic) bond motifs is 3. The van der Waals surface area contributed by atoms with Crippen LogP contribution in [0.15, 0.2) is 100 Å². The summed E-state index contributed by atoms with van der Waals surface area (Å²) in [6, 6.07) is 17.1. The number of aromatic nitrogens is 4. The normalized spacial score (nSPS) is 14.0. The van der Waals surface area contributed by atoms with Crippen molar-refractivity contribution in [3.05, 3.63) is 124 Å². The van der Waals surface area contributed by atoms with Crippen LogP contribution in [0.1, 0.15) is 99.2 Å². The third kappa shape index (κ3) is 10.9. The number of thiophene rings is 1. The second-order valence-corrected chi connectivity index (χ2v) is 20.0. The quantitative estimate of drug-likeness (QED) is 0.0515. The zero-order valence-electron chi connectivity index (χ0n) is 36.3. The number of allylic oxidation sites excluding steroid dienone is 4. The van der Waals surface area contributed by atoms with Gasteiger partial charge in [0.1, 0.15) is 4.21 Å². The van der Waals surface area contributed by atoms with E-state index in [0.29, 0.717) is 22.0 Å². The van der Waals surface area contributed by atoms with Crippen LogP contribution in [-0.4, -0.2) is 58.2 Å². The van der Waals surface area contributed by atoms with Gasteiger partial charge in [-0.1, -0.05) is 73.6 Å². The van der Waals surface area contributed by atoms with Gasteiger partial charge in [0.25, 0.3) is 15.9 Å². The summed E-state index contributed by atoms with van der Waals surface area (Å²) in [7, 11) is -3.67. The van der Waals surface area contributed by atoms with Crippen molar-refractivity contribution >= 4 is 82.7 Å². The summed E-state index contributed by atoms with van der Waals surface area (Å²) in [6.07, 6.45) is 13.3. The van der Waals surface area contributed by atoms with Gasteiger partial charge in [0.15, 0.2) is 10.8 Å². The largest absolute Gasteiger partial charge is 0.341 e. The van der Waals surface area contributed by atoms with Crippen LogP contribution in [0.3, 0.4) is 0 Å². The van der Waals surface area contributed by atoms with Gasteiger partial charge in [-0.15, -0.1) is 11.3 Å². The second-order valence-electron chi connectivity index (χ2n) is 16.1. The Morgan fingerprint density at radius 1 is 0.984 bits per heavy atom. The van der Waals surface area contributed by atoms with Crippen LogP contribution in [0.4, 0.5) is 10.8 Å². The van der Waals surface area contributed by atoms with Gasteiger partial charge >= 0.3 is 0 Å². The monoisotopic (exact) mass is 890 g/mol. The molecule has 0 saturated heterocycles. The number of anilines is 2. The molecule has 0 aliphatic carbocycles. The molecule has 0 bridgehead atoms. The number of benzene rings is 2. The molecule has 7 rings (SSSR count). The molecule has 0 spiro atoms. The number of rotatable bonds is 20. The fourth-order valence-corrected chi connectivity index (χ4v) is 11.0. The summed E-state index contributed by atoms with van der Waals surface area (Å²) in [5.74, 6) is -0.311. The molecule has 0 atom stereocenters. The predicted molar refractivity (Wildman–Crippen MR) is 260 cm³/mol. The number of hydrogen-bond donors (Lipinski definition) is 3. The Bertz CT molecular complexity index is 2740. The van der Waals surface area contributed by atoms with Crippen molar-refractivity contribution in [3.8, 4) is 0 Å². The van der Waals surface area contributed by atoms with Crippen LogP contribution >= 0.6 is 22.7 Å². The number of nitrogens with zero attached hydrogens (tertiary/aromatic N) is 5. The van der Waals surface area contributed by atoms with E-state index in [0.717, 1.165) is 92.4 Å². The Balaban J connectivity index is 0.831. The van der Waals surface area contributed by atoms with Crippen LogP contribution in [-0.2, 0) is 36.2 Å². The molecular weight excluding hydrogens is 833 g/mol. The lowest BCUT2D eigenvalue weighted by Crippen LogP contribution is -2.24. The van der Waals surface area contributed by atoms with E-state index < -0.39 is 10.0 Å². The van der Waals surface area contributed by atoms with Gasteiger partial charge in [-0.2, -0.15) is 5.10 Å². The highest BCUT2D eigenvalue weighted by atomic mass is 32.2. The summed E-state index contributed by atoms with van der Waals surface area (Å²) in [5.41, 5.74) is 10.9. The van der Waals surface area contributed by atoms with Gasteiger partial charge in [0, 0.05) is 54.9 Å². The Kier molecular flexibility index (Phi) is 14.8. The number of carbonyl (C=O) groups is 1. The molecule has 0 unspecified atom stereocenters. The summed E-state index contributed by atoms with van der Waals surface area (Å²) in [5, 5.41) is 14.6. The number of thiazole rings is 1. The minimum atomic E-state index is -3.67. The van der Waals surface area contributed by atoms with Crippen molar-refractivity contribution in [3.63, 3.8) is 0 Å². The molecule has 62 heavy (non-hydrogen) atoms. The summed E-state index contributed by atoms with van der Waals surface area (Å²) in [4.78, 5) is 20.3. The van der Waals surface area contributed by atoms with Crippen molar-refractivity contribution < 1.29 is 13.2 Å². The predicted octanol–water partition coefficient (Wildman–Crippen LogP) is 11.1. The number of nitrogens with one attached hydrogen (secondary N) is 3.